The van der Waals surface area contributed by atoms with Crippen molar-refractivity contribution in [2.24, 2.45) is 0 Å². The molecule has 0 spiro atoms. The van der Waals surface area contributed by atoms with Gasteiger partial charge in [-0.3, -0.25) is 4.79 Å². The molecular weight excluding hydrogens is 325 g/mol. The Morgan fingerprint density at radius 3 is 2.50 bits per heavy atom. The minimum Gasteiger partial charge on any atom is -0.480 e. The van der Waals surface area contributed by atoms with Crippen LogP contribution in [0.1, 0.15) is 25.3 Å². The Hall–Kier alpha value is -2.27. The third-order valence-electron chi connectivity index (χ3n) is 4.09. The fourth-order valence-electron chi connectivity index (χ4n) is 2.54. The van der Waals surface area contributed by atoms with Gasteiger partial charge in [-0.1, -0.05) is 12.1 Å². The minimum absolute atomic E-state index is 0.206. The van der Waals surface area contributed by atoms with Crippen molar-refractivity contribution in [3.63, 3.8) is 0 Å². The molecule has 1 saturated heterocycles. The van der Waals surface area contributed by atoms with E-state index in [0.717, 1.165) is 0 Å². The first-order chi connectivity index (χ1) is 11.2. The number of amides is 1. The first-order valence-corrected chi connectivity index (χ1v) is 7.41. The van der Waals surface area contributed by atoms with Crippen molar-refractivity contribution in [3.05, 3.63) is 29.8 Å². The predicted octanol–water partition coefficient (Wildman–Crippen LogP) is 2.24. The second-order valence-electron chi connectivity index (χ2n) is 5.72. The van der Waals surface area contributed by atoms with Crippen molar-refractivity contribution in [3.8, 4) is 11.8 Å². The SMILES string of the molecule is CC(Oc1ccccc1C#N)C(=O)N1CCC(O)(C(F)(F)F)CC1. The van der Waals surface area contributed by atoms with E-state index in [1.54, 1.807) is 18.2 Å². The minimum atomic E-state index is -4.71. The molecule has 0 aliphatic carbocycles. The number of hydrogen-bond donors (Lipinski definition) is 1. The molecule has 1 aromatic carbocycles. The number of hydrogen-bond acceptors (Lipinski definition) is 4. The Labute approximate surface area is 137 Å². The number of aliphatic hydroxyl groups is 1. The van der Waals surface area contributed by atoms with Crippen LogP contribution in [0, 0.1) is 11.3 Å². The maximum Gasteiger partial charge on any atom is 0.417 e. The van der Waals surface area contributed by atoms with E-state index < -0.39 is 36.6 Å². The van der Waals surface area contributed by atoms with Gasteiger partial charge < -0.3 is 14.7 Å². The monoisotopic (exact) mass is 342 g/mol. The Kier molecular flexibility index (Phi) is 5.04. The number of alkyl halides is 3. The molecule has 2 rings (SSSR count). The summed E-state index contributed by atoms with van der Waals surface area (Å²) in [6.45, 7) is 1.06. The Balaban J connectivity index is 1.99. The lowest BCUT2D eigenvalue weighted by atomic mass is 9.90. The number of carbonyl (C=O) groups excluding carboxylic acids is 1. The lowest BCUT2D eigenvalue weighted by molar-refractivity contribution is -0.272. The van der Waals surface area contributed by atoms with Crippen LogP contribution < -0.4 is 4.74 Å². The molecule has 1 heterocycles. The number of piperidine rings is 1. The standard InChI is InChI=1S/C16H17F3N2O3/c1-11(24-13-5-3-2-4-12(13)10-20)14(22)21-8-6-15(23,7-9-21)16(17,18)19/h2-5,11,23H,6-9H2,1H3. The number of para-hydroxylation sites is 1. The molecule has 1 atom stereocenters. The van der Waals surface area contributed by atoms with Crippen LogP contribution in [-0.4, -0.2) is 46.9 Å². The number of nitriles is 1. The predicted molar refractivity (Wildman–Crippen MR) is 78.1 cm³/mol. The molecule has 130 valence electrons. The van der Waals surface area contributed by atoms with Gasteiger partial charge in [-0.15, -0.1) is 0 Å². The molecule has 1 aliphatic heterocycles. The third-order valence-corrected chi connectivity index (χ3v) is 4.09. The number of ether oxygens (including phenoxy) is 1. The van der Waals surface area contributed by atoms with Crippen molar-refractivity contribution >= 4 is 5.91 Å². The number of rotatable bonds is 3. The van der Waals surface area contributed by atoms with Crippen molar-refractivity contribution in [2.75, 3.05) is 13.1 Å². The summed E-state index contributed by atoms with van der Waals surface area (Å²) in [6.07, 6.45) is -6.79. The zero-order chi connectivity index (χ0) is 18.0. The summed E-state index contributed by atoms with van der Waals surface area (Å²) in [6, 6.07) is 8.32. The molecule has 0 saturated carbocycles. The van der Waals surface area contributed by atoms with Gasteiger partial charge in [-0.2, -0.15) is 18.4 Å². The number of carbonyl (C=O) groups is 1. The summed E-state index contributed by atoms with van der Waals surface area (Å²) < 4.78 is 43.8. The highest BCUT2D eigenvalue weighted by molar-refractivity contribution is 5.81. The average Bonchev–Trinajstić information content (AvgIpc) is 2.54. The smallest absolute Gasteiger partial charge is 0.417 e. The molecule has 1 aromatic rings. The van der Waals surface area contributed by atoms with E-state index >= 15 is 0 Å². The summed E-state index contributed by atoms with van der Waals surface area (Å²) in [7, 11) is 0. The van der Waals surface area contributed by atoms with E-state index in [1.165, 1.54) is 17.9 Å². The van der Waals surface area contributed by atoms with Gasteiger partial charge in [0.25, 0.3) is 5.91 Å². The fraction of sp³-hybridized carbons (Fsp3) is 0.500. The molecule has 0 radical (unpaired) electrons. The van der Waals surface area contributed by atoms with Crippen LogP contribution in [0.25, 0.3) is 0 Å². The molecule has 0 aromatic heterocycles. The molecule has 1 amide bonds. The number of nitrogens with zero attached hydrogens (tertiary/aromatic N) is 2. The topological polar surface area (TPSA) is 73.6 Å². The highest BCUT2D eigenvalue weighted by atomic mass is 19.4. The maximum atomic E-state index is 12.8. The van der Waals surface area contributed by atoms with Crippen molar-refractivity contribution in [1.29, 1.82) is 5.26 Å². The highest BCUT2D eigenvalue weighted by Gasteiger charge is 2.55. The summed E-state index contributed by atoms with van der Waals surface area (Å²) in [4.78, 5) is 13.6. The lowest BCUT2D eigenvalue weighted by Crippen LogP contribution is -2.55. The summed E-state index contributed by atoms with van der Waals surface area (Å²) >= 11 is 0. The summed E-state index contributed by atoms with van der Waals surface area (Å²) in [5.74, 6) is -0.239. The van der Waals surface area contributed by atoms with Gasteiger partial charge in [-0.25, -0.2) is 0 Å². The van der Waals surface area contributed by atoms with E-state index in [9.17, 15) is 23.1 Å². The van der Waals surface area contributed by atoms with Gasteiger partial charge in [0.15, 0.2) is 11.7 Å². The third kappa shape index (κ3) is 3.62. The average molecular weight is 342 g/mol. The van der Waals surface area contributed by atoms with Crippen LogP contribution in [0.5, 0.6) is 5.75 Å². The zero-order valence-electron chi connectivity index (χ0n) is 13.0. The molecule has 5 nitrogen and oxygen atoms in total. The van der Waals surface area contributed by atoms with E-state index in [2.05, 4.69) is 0 Å². The first kappa shape index (κ1) is 18.1. The molecule has 1 fully saturated rings. The largest absolute Gasteiger partial charge is 0.480 e. The van der Waals surface area contributed by atoms with E-state index in [1.807, 2.05) is 6.07 Å². The van der Waals surface area contributed by atoms with Gasteiger partial charge >= 0.3 is 6.18 Å². The van der Waals surface area contributed by atoms with Gasteiger partial charge in [-0.05, 0) is 19.1 Å². The number of halogens is 3. The van der Waals surface area contributed by atoms with Crippen LogP contribution >= 0.6 is 0 Å². The van der Waals surface area contributed by atoms with Gasteiger partial charge in [0.2, 0.25) is 0 Å². The molecule has 1 N–H and O–H groups in total. The van der Waals surface area contributed by atoms with Gasteiger partial charge in [0.05, 0.1) is 5.56 Å². The quantitative estimate of drug-likeness (QED) is 0.914. The number of benzene rings is 1. The van der Waals surface area contributed by atoms with Crippen molar-refractivity contribution in [2.45, 2.75) is 37.6 Å². The molecule has 8 heteroatoms. The van der Waals surface area contributed by atoms with Crippen LogP contribution in [-0.2, 0) is 4.79 Å². The van der Waals surface area contributed by atoms with Crippen LogP contribution in [0.15, 0.2) is 24.3 Å². The maximum absolute atomic E-state index is 12.8. The van der Waals surface area contributed by atoms with E-state index in [0.29, 0.717) is 0 Å². The van der Waals surface area contributed by atoms with Gasteiger partial charge in [0.1, 0.15) is 11.8 Å². The van der Waals surface area contributed by atoms with Gasteiger partial charge in [0, 0.05) is 25.9 Å². The molecular formula is C16H17F3N2O3. The Morgan fingerprint density at radius 1 is 1.38 bits per heavy atom. The molecule has 1 aliphatic rings. The zero-order valence-corrected chi connectivity index (χ0v) is 13.0. The first-order valence-electron chi connectivity index (χ1n) is 7.41. The fourth-order valence-corrected chi connectivity index (χ4v) is 2.54. The van der Waals surface area contributed by atoms with E-state index in [4.69, 9.17) is 10.00 Å². The van der Waals surface area contributed by atoms with Crippen LogP contribution in [0.2, 0.25) is 0 Å². The van der Waals surface area contributed by atoms with Crippen LogP contribution in [0.3, 0.4) is 0 Å². The summed E-state index contributed by atoms with van der Waals surface area (Å²) in [5, 5.41) is 18.6. The van der Waals surface area contributed by atoms with Crippen LogP contribution in [0.4, 0.5) is 13.2 Å². The number of likely N-dealkylation sites (tertiary alicyclic amines) is 1. The normalized spacial score (nSPS) is 18.6. The molecule has 0 bridgehead atoms. The Bertz CT molecular complexity index is 647. The second-order valence-corrected chi connectivity index (χ2v) is 5.72. The lowest BCUT2D eigenvalue weighted by Gasteiger charge is -2.39. The van der Waals surface area contributed by atoms with Crippen molar-refractivity contribution < 1.29 is 27.8 Å². The van der Waals surface area contributed by atoms with Crippen molar-refractivity contribution in [1.82, 2.24) is 4.90 Å². The second kappa shape index (κ2) is 6.69. The highest BCUT2D eigenvalue weighted by Crippen LogP contribution is 2.38. The Morgan fingerprint density at radius 2 is 1.96 bits per heavy atom. The van der Waals surface area contributed by atoms with E-state index in [-0.39, 0.29) is 24.4 Å². The molecule has 24 heavy (non-hydrogen) atoms. The molecule has 1 unspecified atom stereocenters. The summed E-state index contributed by atoms with van der Waals surface area (Å²) in [5.41, 5.74) is -2.48.